The van der Waals surface area contributed by atoms with Gasteiger partial charge in [0.15, 0.2) is 5.65 Å². The van der Waals surface area contributed by atoms with Crippen LogP contribution in [0.5, 0.6) is 0 Å². The van der Waals surface area contributed by atoms with E-state index in [1.807, 2.05) is 36.4 Å². The summed E-state index contributed by atoms with van der Waals surface area (Å²) in [4.78, 5) is 19.0. The third-order valence-corrected chi connectivity index (χ3v) is 2.37. The lowest BCUT2D eigenvalue weighted by molar-refractivity contribution is 0.843. The van der Waals surface area contributed by atoms with Gasteiger partial charge in [0.1, 0.15) is 6.33 Å². The molecule has 0 spiro atoms. The number of benzene rings is 1. The zero-order valence-corrected chi connectivity index (χ0v) is 8.29. The van der Waals surface area contributed by atoms with Crippen LogP contribution in [0.1, 0.15) is 0 Å². The Morgan fingerprint density at radius 3 is 2.69 bits per heavy atom. The molecule has 0 aliphatic carbocycles. The molecule has 78 valence electrons. The second kappa shape index (κ2) is 3.30. The molecule has 1 aromatic carbocycles. The van der Waals surface area contributed by atoms with Crippen LogP contribution in [0.15, 0.2) is 47.5 Å². The molecule has 0 bridgehead atoms. The van der Waals surface area contributed by atoms with Crippen LogP contribution in [0.4, 0.5) is 0 Å². The highest BCUT2D eigenvalue weighted by molar-refractivity contribution is 5.63. The molecule has 1 N–H and O–H groups in total. The van der Waals surface area contributed by atoms with Crippen molar-refractivity contribution in [3.05, 3.63) is 53.2 Å². The van der Waals surface area contributed by atoms with E-state index in [1.54, 1.807) is 0 Å². The molecule has 5 heteroatoms. The van der Waals surface area contributed by atoms with Gasteiger partial charge in [0.2, 0.25) is 0 Å². The molecule has 0 saturated heterocycles. The number of nitrogens with one attached hydrogen (secondary N) is 1. The fourth-order valence-corrected chi connectivity index (χ4v) is 1.61. The molecule has 3 aromatic rings. The molecule has 0 aliphatic rings. The van der Waals surface area contributed by atoms with Crippen LogP contribution in [0.3, 0.4) is 0 Å². The van der Waals surface area contributed by atoms with Gasteiger partial charge in [-0.2, -0.15) is 9.50 Å². The van der Waals surface area contributed by atoms with E-state index < -0.39 is 0 Å². The van der Waals surface area contributed by atoms with Crippen LogP contribution in [0.2, 0.25) is 0 Å². The van der Waals surface area contributed by atoms with Crippen LogP contribution >= 0.6 is 0 Å². The van der Waals surface area contributed by atoms with E-state index in [9.17, 15) is 4.79 Å². The summed E-state index contributed by atoms with van der Waals surface area (Å²) in [6, 6.07) is 11.6. The predicted octanol–water partition coefficient (Wildman–Crippen LogP) is 1.08. The van der Waals surface area contributed by atoms with Crippen molar-refractivity contribution in [2.45, 2.75) is 0 Å². The molecule has 0 saturated carbocycles. The first-order chi connectivity index (χ1) is 7.84. The monoisotopic (exact) mass is 212 g/mol. The first kappa shape index (κ1) is 8.84. The SMILES string of the molecule is O=c1ncnc2cc(-c3ccccc3)[nH]n12. The van der Waals surface area contributed by atoms with E-state index in [0.717, 1.165) is 11.3 Å². The number of fused-ring (bicyclic) bond motifs is 1. The lowest BCUT2D eigenvalue weighted by Crippen LogP contribution is -2.17. The predicted molar refractivity (Wildman–Crippen MR) is 59.0 cm³/mol. The fourth-order valence-electron chi connectivity index (χ4n) is 1.61. The highest BCUT2D eigenvalue weighted by Gasteiger charge is 2.04. The van der Waals surface area contributed by atoms with Crippen molar-refractivity contribution in [2.24, 2.45) is 0 Å². The Kier molecular flexibility index (Phi) is 1.83. The lowest BCUT2D eigenvalue weighted by atomic mass is 10.2. The minimum atomic E-state index is -0.354. The maximum atomic E-state index is 11.4. The van der Waals surface area contributed by atoms with Crippen LogP contribution in [-0.4, -0.2) is 19.6 Å². The van der Waals surface area contributed by atoms with Gasteiger partial charge < -0.3 is 0 Å². The molecule has 16 heavy (non-hydrogen) atoms. The quantitative estimate of drug-likeness (QED) is 0.656. The maximum absolute atomic E-state index is 11.4. The highest BCUT2D eigenvalue weighted by Crippen LogP contribution is 2.16. The maximum Gasteiger partial charge on any atom is 0.369 e. The van der Waals surface area contributed by atoms with Gasteiger partial charge in [-0.3, -0.25) is 5.10 Å². The van der Waals surface area contributed by atoms with Crippen LogP contribution in [-0.2, 0) is 0 Å². The van der Waals surface area contributed by atoms with Crippen molar-refractivity contribution in [1.82, 2.24) is 19.6 Å². The first-order valence-electron chi connectivity index (χ1n) is 4.83. The topological polar surface area (TPSA) is 63.0 Å². The smallest absolute Gasteiger partial charge is 0.288 e. The summed E-state index contributed by atoms with van der Waals surface area (Å²) < 4.78 is 1.32. The van der Waals surface area contributed by atoms with Gasteiger partial charge in [0.05, 0.1) is 5.69 Å². The Labute approximate surface area is 90.4 Å². The molecule has 0 fully saturated rings. The first-order valence-corrected chi connectivity index (χ1v) is 4.83. The van der Waals surface area contributed by atoms with Gasteiger partial charge in [0.25, 0.3) is 0 Å². The second-order valence-electron chi connectivity index (χ2n) is 3.39. The van der Waals surface area contributed by atoms with Crippen LogP contribution in [0, 0.1) is 0 Å². The molecule has 5 nitrogen and oxygen atoms in total. The van der Waals surface area contributed by atoms with Gasteiger partial charge in [-0.1, -0.05) is 30.3 Å². The molecule has 0 unspecified atom stereocenters. The molecule has 2 heterocycles. The van der Waals surface area contributed by atoms with E-state index in [2.05, 4.69) is 15.1 Å². The van der Waals surface area contributed by atoms with E-state index in [-0.39, 0.29) is 5.69 Å². The summed E-state index contributed by atoms with van der Waals surface area (Å²) in [5.41, 5.74) is 2.07. The molecular weight excluding hydrogens is 204 g/mol. The normalized spacial score (nSPS) is 10.8. The van der Waals surface area contributed by atoms with Gasteiger partial charge in [-0.15, -0.1) is 0 Å². The molecule has 0 aliphatic heterocycles. The standard InChI is InChI=1S/C11H8N4O/c16-11-13-7-12-10-6-9(14-15(10)11)8-4-2-1-3-5-8/h1-7,14H. The van der Waals surface area contributed by atoms with Crippen LogP contribution in [0.25, 0.3) is 16.9 Å². The molecular formula is C11H8N4O. The molecule has 0 amide bonds. The number of aromatic amines is 1. The van der Waals surface area contributed by atoms with E-state index in [1.165, 1.54) is 10.8 Å². The van der Waals surface area contributed by atoms with Crippen molar-refractivity contribution >= 4 is 5.65 Å². The Balaban J connectivity index is 2.28. The minimum Gasteiger partial charge on any atom is -0.288 e. The average molecular weight is 212 g/mol. The van der Waals surface area contributed by atoms with Gasteiger partial charge >= 0.3 is 5.69 Å². The largest absolute Gasteiger partial charge is 0.369 e. The summed E-state index contributed by atoms with van der Waals surface area (Å²) in [5, 5.41) is 2.96. The lowest BCUT2D eigenvalue weighted by Gasteiger charge is -1.94. The Morgan fingerprint density at radius 1 is 1.12 bits per heavy atom. The van der Waals surface area contributed by atoms with Crippen molar-refractivity contribution in [3.63, 3.8) is 0 Å². The van der Waals surface area contributed by atoms with Crippen molar-refractivity contribution < 1.29 is 0 Å². The molecule has 0 radical (unpaired) electrons. The third kappa shape index (κ3) is 1.30. The molecule has 2 aromatic heterocycles. The molecule has 0 atom stereocenters. The number of hydrogen-bond donors (Lipinski definition) is 1. The highest BCUT2D eigenvalue weighted by atomic mass is 16.1. The number of H-pyrrole nitrogens is 1. The van der Waals surface area contributed by atoms with Crippen molar-refractivity contribution in [2.75, 3.05) is 0 Å². The zero-order chi connectivity index (χ0) is 11.0. The fraction of sp³-hybridized carbons (Fsp3) is 0. The number of hydrogen-bond acceptors (Lipinski definition) is 3. The third-order valence-electron chi connectivity index (χ3n) is 2.37. The van der Waals surface area contributed by atoms with Gasteiger partial charge in [-0.05, 0) is 5.56 Å². The van der Waals surface area contributed by atoms with E-state index in [4.69, 9.17) is 0 Å². The summed E-state index contributed by atoms with van der Waals surface area (Å²) >= 11 is 0. The summed E-state index contributed by atoms with van der Waals surface area (Å²) in [6.45, 7) is 0. The van der Waals surface area contributed by atoms with E-state index in [0.29, 0.717) is 5.65 Å². The molecule has 3 rings (SSSR count). The minimum absolute atomic E-state index is 0.354. The summed E-state index contributed by atoms with van der Waals surface area (Å²) in [7, 11) is 0. The number of rotatable bonds is 1. The zero-order valence-electron chi connectivity index (χ0n) is 8.29. The number of aromatic nitrogens is 4. The average Bonchev–Trinajstić information content (AvgIpc) is 2.76. The summed E-state index contributed by atoms with van der Waals surface area (Å²) in [6.07, 6.45) is 1.26. The van der Waals surface area contributed by atoms with E-state index >= 15 is 0 Å². The number of nitrogens with zero attached hydrogens (tertiary/aromatic N) is 3. The van der Waals surface area contributed by atoms with Gasteiger partial charge in [0, 0.05) is 6.07 Å². The van der Waals surface area contributed by atoms with Gasteiger partial charge in [-0.25, -0.2) is 9.78 Å². The van der Waals surface area contributed by atoms with Crippen molar-refractivity contribution in [1.29, 1.82) is 0 Å². The second-order valence-corrected chi connectivity index (χ2v) is 3.39. The van der Waals surface area contributed by atoms with Crippen LogP contribution < -0.4 is 5.69 Å². The Hall–Kier alpha value is -2.43. The van der Waals surface area contributed by atoms with Crippen molar-refractivity contribution in [3.8, 4) is 11.3 Å². The Morgan fingerprint density at radius 2 is 1.94 bits per heavy atom. The summed E-state index contributed by atoms with van der Waals surface area (Å²) in [5.74, 6) is 0. The Bertz CT molecular complexity index is 684.